The number of hydrogen-bond acceptors (Lipinski definition) is 4. The summed E-state index contributed by atoms with van der Waals surface area (Å²) < 4.78 is 40.5. The average Bonchev–Trinajstić information content (AvgIpc) is 3.19. The van der Waals surface area contributed by atoms with Crippen molar-refractivity contribution in [2.75, 3.05) is 5.32 Å². The Bertz CT molecular complexity index is 915. The van der Waals surface area contributed by atoms with Gasteiger partial charge in [0.1, 0.15) is 17.8 Å². The van der Waals surface area contributed by atoms with Crippen LogP contribution < -0.4 is 5.32 Å². The van der Waals surface area contributed by atoms with E-state index in [2.05, 4.69) is 31.0 Å². The van der Waals surface area contributed by atoms with Crippen LogP contribution in [0.2, 0.25) is 0 Å². The van der Waals surface area contributed by atoms with E-state index in [1.165, 1.54) is 0 Å². The molecule has 1 aliphatic rings. The molecule has 1 saturated carbocycles. The fraction of sp³-hybridized carbons (Fsp3) is 0.350. The first kappa shape index (κ1) is 18.5. The molecule has 3 aromatic rings. The van der Waals surface area contributed by atoms with Crippen molar-refractivity contribution >= 4 is 5.82 Å². The highest BCUT2D eigenvalue weighted by Gasteiger charge is 2.33. The zero-order valence-electron chi connectivity index (χ0n) is 15.1. The van der Waals surface area contributed by atoms with E-state index < -0.39 is 11.9 Å². The number of nitrogens with one attached hydrogen (secondary N) is 1. The SMILES string of the molecule is FC(F)(F)c1cc(N[C@H]2CC[C@@H](n3cnc(-c4ccccc4)c3)CC2)ncn1. The first-order valence-electron chi connectivity index (χ1n) is 9.24. The summed E-state index contributed by atoms with van der Waals surface area (Å²) in [7, 11) is 0. The fourth-order valence-corrected chi connectivity index (χ4v) is 3.61. The molecular weight excluding hydrogens is 367 g/mol. The van der Waals surface area contributed by atoms with Gasteiger partial charge >= 0.3 is 6.18 Å². The van der Waals surface area contributed by atoms with E-state index in [9.17, 15) is 13.2 Å². The van der Waals surface area contributed by atoms with Crippen molar-refractivity contribution < 1.29 is 13.2 Å². The zero-order chi connectivity index (χ0) is 19.6. The van der Waals surface area contributed by atoms with Crippen molar-refractivity contribution in [2.45, 2.75) is 43.9 Å². The van der Waals surface area contributed by atoms with Gasteiger partial charge in [0.15, 0.2) is 0 Å². The van der Waals surface area contributed by atoms with E-state index in [1.54, 1.807) is 0 Å². The highest BCUT2D eigenvalue weighted by Crippen LogP contribution is 2.32. The van der Waals surface area contributed by atoms with Crippen LogP contribution in [-0.4, -0.2) is 25.6 Å². The molecule has 2 heterocycles. The Labute approximate surface area is 160 Å². The average molecular weight is 387 g/mol. The number of halogens is 3. The Kier molecular flexibility index (Phi) is 5.02. The Balaban J connectivity index is 1.36. The number of anilines is 1. The van der Waals surface area contributed by atoms with E-state index in [4.69, 9.17) is 0 Å². The van der Waals surface area contributed by atoms with Gasteiger partial charge in [-0.2, -0.15) is 13.2 Å². The van der Waals surface area contributed by atoms with Gasteiger partial charge in [-0.15, -0.1) is 0 Å². The minimum Gasteiger partial charge on any atom is -0.367 e. The Morgan fingerprint density at radius 2 is 1.71 bits per heavy atom. The number of benzene rings is 1. The fourth-order valence-electron chi connectivity index (χ4n) is 3.61. The van der Waals surface area contributed by atoms with Crippen LogP contribution in [0.15, 0.2) is 55.2 Å². The molecule has 1 N–H and O–H groups in total. The Morgan fingerprint density at radius 3 is 2.43 bits per heavy atom. The molecule has 0 aliphatic heterocycles. The summed E-state index contributed by atoms with van der Waals surface area (Å²) in [5.74, 6) is 0.222. The second-order valence-corrected chi connectivity index (χ2v) is 7.01. The van der Waals surface area contributed by atoms with Crippen LogP contribution in [0.3, 0.4) is 0 Å². The molecule has 8 heteroatoms. The first-order chi connectivity index (χ1) is 13.5. The van der Waals surface area contributed by atoms with Crippen molar-refractivity contribution in [1.29, 1.82) is 0 Å². The van der Waals surface area contributed by atoms with Crippen LogP contribution in [0, 0.1) is 0 Å². The minimum absolute atomic E-state index is 0.101. The van der Waals surface area contributed by atoms with Gasteiger partial charge in [-0.05, 0) is 25.7 Å². The quantitative estimate of drug-likeness (QED) is 0.688. The van der Waals surface area contributed by atoms with Crippen LogP contribution in [0.1, 0.15) is 37.4 Å². The Hall–Kier alpha value is -2.90. The Morgan fingerprint density at radius 1 is 0.964 bits per heavy atom. The normalized spacial score (nSPS) is 20.1. The lowest BCUT2D eigenvalue weighted by Crippen LogP contribution is -2.27. The molecule has 0 bridgehead atoms. The predicted molar refractivity (Wildman–Crippen MR) is 99.6 cm³/mol. The molecular formula is C20H20F3N5. The molecule has 0 spiro atoms. The summed E-state index contributed by atoms with van der Waals surface area (Å²) in [4.78, 5) is 11.7. The van der Waals surface area contributed by atoms with Crippen LogP contribution in [-0.2, 0) is 6.18 Å². The summed E-state index contributed by atoms with van der Waals surface area (Å²) in [5.41, 5.74) is 1.10. The van der Waals surface area contributed by atoms with Crippen molar-refractivity contribution in [3.8, 4) is 11.3 Å². The number of nitrogens with zero attached hydrogens (tertiary/aromatic N) is 4. The predicted octanol–water partition coefficient (Wildman–Crippen LogP) is 4.95. The van der Waals surface area contributed by atoms with Crippen molar-refractivity contribution in [2.24, 2.45) is 0 Å². The van der Waals surface area contributed by atoms with Gasteiger partial charge in [-0.1, -0.05) is 30.3 Å². The number of alkyl halides is 3. The molecule has 5 nitrogen and oxygen atoms in total. The molecule has 1 aliphatic carbocycles. The third kappa shape index (κ3) is 4.16. The lowest BCUT2D eigenvalue weighted by molar-refractivity contribution is -0.141. The second kappa shape index (κ2) is 7.61. The number of imidazole rings is 1. The highest BCUT2D eigenvalue weighted by molar-refractivity contribution is 5.57. The summed E-state index contributed by atoms with van der Waals surface area (Å²) in [6.07, 6.45) is 3.99. The van der Waals surface area contributed by atoms with Gasteiger partial charge < -0.3 is 9.88 Å². The third-order valence-corrected chi connectivity index (χ3v) is 5.10. The zero-order valence-corrected chi connectivity index (χ0v) is 15.1. The summed E-state index contributed by atoms with van der Waals surface area (Å²) in [5, 5.41) is 3.12. The molecule has 0 radical (unpaired) electrons. The standard InChI is InChI=1S/C20H20F3N5/c21-20(22,23)18-10-19(25-12-24-18)27-15-6-8-16(9-7-15)28-11-17(26-13-28)14-4-2-1-3-5-14/h1-5,10-13,15-16H,6-9H2,(H,24,25,27)/t15-,16+. The van der Waals surface area contributed by atoms with Crippen LogP contribution in [0.5, 0.6) is 0 Å². The van der Waals surface area contributed by atoms with E-state index in [0.29, 0.717) is 6.04 Å². The topological polar surface area (TPSA) is 55.6 Å². The van der Waals surface area contributed by atoms with Gasteiger partial charge in [0, 0.05) is 29.9 Å². The van der Waals surface area contributed by atoms with E-state index in [1.807, 2.05) is 36.7 Å². The number of hydrogen-bond donors (Lipinski definition) is 1. The van der Waals surface area contributed by atoms with Crippen LogP contribution >= 0.6 is 0 Å². The number of aromatic nitrogens is 4. The molecule has 0 atom stereocenters. The molecule has 0 amide bonds. The van der Waals surface area contributed by atoms with Gasteiger partial charge in [0.2, 0.25) is 0 Å². The molecule has 4 rings (SSSR count). The second-order valence-electron chi connectivity index (χ2n) is 7.01. The van der Waals surface area contributed by atoms with Gasteiger partial charge in [-0.3, -0.25) is 0 Å². The molecule has 28 heavy (non-hydrogen) atoms. The van der Waals surface area contributed by atoms with Gasteiger partial charge in [0.05, 0.1) is 12.0 Å². The molecule has 0 saturated heterocycles. The summed E-state index contributed by atoms with van der Waals surface area (Å²) in [6, 6.07) is 11.4. The maximum atomic E-state index is 12.8. The summed E-state index contributed by atoms with van der Waals surface area (Å²) in [6.45, 7) is 0. The van der Waals surface area contributed by atoms with Crippen LogP contribution in [0.25, 0.3) is 11.3 Å². The maximum Gasteiger partial charge on any atom is 0.433 e. The lowest BCUT2D eigenvalue weighted by atomic mass is 9.91. The van der Waals surface area contributed by atoms with E-state index in [0.717, 1.165) is 49.3 Å². The highest BCUT2D eigenvalue weighted by atomic mass is 19.4. The minimum atomic E-state index is -4.46. The molecule has 1 fully saturated rings. The van der Waals surface area contributed by atoms with Crippen LogP contribution in [0.4, 0.5) is 19.0 Å². The third-order valence-electron chi connectivity index (χ3n) is 5.10. The van der Waals surface area contributed by atoms with Crippen molar-refractivity contribution in [3.05, 3.63) is 60.9 Å². The van der Waals surface area contributed by atoms with E-state index >= 15 is 0 Å². The molecule has 1 aromatic carbocycles. The smallest absolute Gasteiger partial charge is 0.367 e. The molecule has 146 valence electrons. The monoisotopic (exact) mass is 387 g/mol. The molecule has 0 unspecified atom stereocenters. The van der Waals surface area contributed by atoms with Crippen molar-refractivity contribution in [3.63, 3.8) is 0 Å². The maximum absolute atomic E-state index is 12.8. The van der Waals surface area contributed by atoms with Gasteiger partial charge in [-0.25, -0.2) is 15.0 Å². The van der Waals surface area contributed by atoms with E-state index in [-0.39, 0.29) is 11.9 Å². The first-order valence-corrected chi connectivity index (χ1v) is 9.24. The largest absolute Gasteiger partial charge is 0.433 e. The molecule has 2 aromatic heterocycles. The van der Waals surface area contributed by atoms with Crippen molar-refractivity contribution in [1.82, 2.24) is 19.5 Å². The lowest BCUT2D eigenvalue weighted by Gasteiger charge is -2.30. The summed E-state index contributed by atoms with van der Waals surface area (Å²) >= 11 is 0. The number of rotatable bonds is 4. The van der Waals surface area contributed by atoms with Gasteiger partial charge in [0.25, 0.3) is 0 Å².